The lowest BCUT2D eigenvalue weighted by molar-refractivity contribution is -0.120. The van der Waals surface area contributed by atoms with Gasteiger partial charge in [-0.2, -0.15) is 0 Å². The Morgan fingerprint density at radius 1 is 1.32 bits per heavy atom. The summed E-state index contributed by atoms with van der Waals surface area (Å²) < 4.78 is 5.70. The lowest BCUT2D eigenvalue weighted by atomic mass is 9.93. The van der Waals surface area contributed by atoms with Crippen molar-refractivity contribution in [3.8, 4) is 5.75 Å². The second kappa shape index (κ2) is 7.74. The van der Waals surface area contributed by atoms with Gasteiger partial charge in [0.2, 0.25) is 0 Å². The average molecular weight is 421 g/mol. The highest BCUT2D eigenvalue weighted by molar-refractivity contribution is 6.09. The van der Waals surface area contributed by atoms with Crippen LogP contribution in [-0.4, -0.2) is 41.5 Å². The lowest BCUT2D eigenvalue weighted by Crippen LogP contribution is -2.45. The number of carbonyl (C=O) groups is 1. The van der Waals surface area contributed by atoms with Crippen LogP contribution in [0.1, 0.15) is 31.4 Å². The topological polar surface area (TPSA) is 112 Å². The van der Waals surface area contributed by atoms with E-state index in [9.17, 15) is 9.90 Å². The molecule has 1 saturated heterocycles. The zero-order chi connectivity index (χ0) is 22.2. The normalized spacial score (nSPS) is 20.7. The Morgan fingerprint density at radius 2 is 2.06 bits per heavy atom. The Balaban J connectivity index is 1.50. The molecule has 0 bridgehead atoms. The molecule has 1 spiro atoms. The summed E-state index contributed by atoms with van der Waals surface area (Å²) >= 11 is 0. The molecule has 0 radical (unpaired) electrons. The zero-order valence-corrected chi connectivity index (χ0v) is 17.8. The predicted molar refractivity (Wildman–Crippen MR) is 123 cm³/mol. The fourth-order valence-corrected chi connectivity index (χ4v) is 4.16. The zero-order valence-electron chi connectivity index (χ0n) is 17.8. The number of ether oxygens (including phenoxy) is 1. The molecule has 2 aromatic carbocycles. The van der Waals surface area contributed by atoms with Crippen molar-refractivity contribution in [1.82, 2.24) is 0 Å². The van der Waals surface area contributed by atoms with Crippen LogP contribution < -0.4 is 20.7 Å². The maximum Gasteiger partial charge on any atom is 0.253 e. The molecule has 1 atom stereocenters. The van der Waals surface area contributed by atoms with E-state index in [1.807, 2.05) is 47.4 Å². The Labute approximate surface area is 182 Å². The summed E-state index contributed by atoms with van der Waals surface area (Å²) in [4.78, 5) is 15.2. The lowest BCUT2D eigenvalue weighted by Gasteiger charge is -2.24. The highest BCUT2D eigenvalue weighted by atomic mass is 16.5. The first-order valence-electron chi connectivity index (χ1n) is 10.4. The van der Waals surface area contributed by atoms with E-state index in [-0.39, 0.29) is 12.5 Å². The number of hydrogen-bond acceptors (Lipinski definition) is 6. The summed E-state index contributed by atoms with van der Waals surface area (Å²) in [5.74, 6) is 0.718. The van der Waals surface area contributed by atoms with Gasteiger partial charge in [0.05, 0.1) is 5.60 Å². The number of amides is 1. The van der Waals surface area contributed by atoms with E-state index in [4.69, 9.17) is 15.9 Å². The summed E-state index contributed by atoms with van der Waals surface area (Å²) in [5.41, 5.74) is 8.30. The van der Waals surface area contributed by atoms with Gasteiger partial charge in [0, 0.05) is 48.4 Å². The van der Waals surface area contributed by atoms with Crippen LogP contribution >= 0.6 is 0 Å². The molecule has 0 aliphatic carbocycles. The van der Waals surface area contributed by atoms with Crippen molar-refractivity contribution in [3.05, 3.63) is 59.8 Å². The molecule has 7 heteroatoms. The quantitative estimate of drug-likeness (QED) is 0.537. The number of nitrogens with zero attached hydrogens (tertiary/aromatic N) is 1. The van der Waals surface area contributed by atoms with Crippen LogP contribution in [0.4, 0.5) is 11.4 Å². The van der Waals surface area contributed by atoms with Crippen molar-refractivity contribution in [3.63, 3.8) is 0 Å². The molecule has 1 unspecified atom stereocenters. The summed E-state index contributed by atoms with van der Waals surface area (Å²) in [6.45, 7) is 4.22. The Hall–Kier alpha value is -3.32. The van der Waals surface area contributed by atoms with Gasteiger partial charge in [-0.05, 0) is 49.6 Å². The van der Waals surface area contributed by atoms with Crippen LogP contribution in [0.5, 0.6) is 5.75 Å². The molecule has 0 saturated carbocycles. The number of benzene rings is 2. The second-order valence-electron chi connectivity index (χ2n) is 8.82. The van der Waals surface area contributed by atoms with Gasteiger partial charge in [0.15, 0.2) is 0 Å². The molecule has 0 aromatic heterocycles. The van der Waals surface area contributed by atoms with E-state index >= 15 is 0 Å². The van der Waals surface area contributed by atoms with Crippen LogP contribution in [0.15, 0.2) is 48.7 Å². The third-order valence-corrected chi connectivity index (χ3v) is 5.80. The van der Waals surface area contributed by atoms with Crippen molar-refractivity contribution in [2.75, 3.05) is 23.4 Å². The van der Waals surface area contributed by atoms with Crippen LogP contribution in [0, 0.1) is 5.41 Å². The van der Waals surface area contributed by atoms with Crippen molar-refractivity contribution in [2.24, 2.45) is 5.73 Å². The molecular formula is C24H28N4O3. The van der Waals surface area contributed by atoms with Crippen LogP contribution in [0.2, 0.25) is 0 Å². The number of fused-ring (bicyclic) bond motifs is 1. The third kappa shape index (κ3) is 4.01. The Morgan fingerprint density at radius 3 is 2.71 bits per heavy atom. The van der Waals surface area contributed by atoms with Crippen LogP contribution in [0.3, 0.4) is 0 Å². The summed E-state index contributed by atoms with van der Waals surface area (Å²) in [7, 11) is 0. The highest BCUT2D eigenvalue weighted by Crippen LogP contribution is 2.42. The standard InChI is InChI=1S/C24H28N4O3/c1-23(2,30)15-31-20-8-5-17-12-24(27-21(17)11-20)9-10-28(22(24)29)19-6-3-16(4-7-19)18(13-25)14-26/h3-8,11,13-14,25,27,30H,9-10,12,15,26H2,1-2H3/b18-14+,25-13?. The third-order valence-electron chi connectivity index (χ3n) is 5.80. The molecule has 2 aliphatic heterocycles. The SMILES string of the molecule is CC(C)(O)COc1ccc2c(c1)NC1(CCN(c3ccc(/C(C=N)=C/N)cc3)C1=O)C2. The molecule has 2 aliphatic rings. The first kappa shape index (κ1) is 20.9. The number of carbonyl (C=O) groups excluding carboxylic acids is 1. The monoisotopic (exact) mass is 420 g/mol. The van der Waals surface area contributed by atoms with Gasteiger partial charge < -0.3 is 31.2 Å². The van der Waals surface area contributed by atoms with E-state index < -0.39 is 11.1 Å². The van der Waals surface area contributed by atoms with Crippen molar-refractivity contribution >= 4 is 29.1 Å². The molecular weight excluding hydrogens is 392 g/mol. The fourth-order valence-electron chi connectivity index (χ4n) is 4.16. The molecule has 31 heavy (non-hydrogen) atoms. The number of allylic oxidation sites excluding steroid dienone is 1. The van der Waals surface area contributed by atoms with Gasteiger partial charge in [-0.15, -0.1) is 0 Å². The van der Waals surface area contributed by atoms with Gasteiger partial charge in [0.1, 0.15) is 17.9 Å². The van der Waals surface area contributed by atoms with Crippen molar-refractivity contribution < 1.29 is 14.6 Å². The van der Waals surface area contributed by atoms with E-state index in [2.05, 4.69) is 5.32 Å². The maximum absolute atomic E-state index is 13.4. The van der Waals surface area contributed by atoms with E-state index in [0.717, 1.165) is 22.5 Å². The average Bonchev–Trinajstić information content (AvgIpc) is 3.27. The predicted octanol–water partition coefficient (Wildman–Crippen LogP) is 2.93. The first-order valence-corrected chi connectivity index (χ1v) is 10.4. The fraction of sp³-hybridized carbons (Fsp3) is 0.333. The Bertz CT molecular complexity index is 1040. The maximum atomic E-state index is 13.4. The van der Waals surface area contributed by atoms with Gasteiger partial charge >= 0.3 is 0 Å². The number of aliphatic hydroxyl groups is 1. The van der Waals surface area contributed by atoms with Crippen molar-refractivity contribution in [2.45, 2.75) is 37.8 Å². The largest absolute Gasteiger partial charge is 0.491 e. The Kier molecular flexibility index (Phi) is 5.23. The molecule has 162 valence electrons. The second-order valence-corrected chi connectivity index (χ2v) is 8.82. The summed E-state index contributed by atoms with van der Waals surface area (Å²) in [6, 6.07) is 13.3. The number of rotatable bonds is 6. The van der Waals surface area contributed by atoms with Gasteiger partial charge in [-0.1, -0.05) is 18.2 Å². The molecule has 2 heterocycles. The van der Waals surface area contributed by atoms with Crippen LogP contribution in [-0.2, 0) is 11.2 Å². The molecule has 7 nitrogen and oxygen atoms in total. The van der Waals surface area contributed by atoms with E-state index in [0.29, 0.717) is 30.7 Å². The minimum Gasteiger partial charge on any atom is -0.491 e. The minimum absolute atomic E-state index is 0.0528. The molecule has 4 rings (SSSR count). The molecule has 5 N–H and O–H groups in total. The van der Waals surface area contributed by atoms with Gasteiger partial charge in [0.25, 0.3) is 5.91 Å². The number of anilines is 2. The molecule has 1 amide bonds. The molecule has 1 fully saturated rings. The number of hydrogen-bond donors (Lipinski definition) is 4. The van der Waals surface area contributed by atoms with Crippen molar-refractivity contribution in [1.29, 1.82) is 5.41 Å². The number of nitrogens with one attached hydrogen (secondary N) is 2. The first-order chi connectivity index (χ1) is 14.7. The smallest absolute Gasteiger partial charge is 0.253 e. The van der Waals surface area contributed by atoms with Crippen LogP contribution in [0.25, 0.3) is 5.57 Å². The minimum atomic E-state index is -0.912. The summed E-state index contributed by atoms with van der Waals surface area (Å²) in [5, 5.41) is 20.8. The summed E-state index contributed by atoms with van der Waals surface area (Å²) in [6.07, 6.45) is 3.95. The number of nitrogens with two attached hydrogens (primary N) is 1. The van der Waals surface area contributed by atoms with Gasteiger partial charge in [-0.25, -0.2) is 0 Å². The highest BCUT2D eigenvalue weighted by Gasteiger charge is 2.50. The molecule has 2 aromatic rings. The van der Waals surface area contributed by atoms with E-state index in [1.54, 1.807) is 13.8 Å². The van der Waals surface area contributed by atoms with Gasteiger partial charge in [-0.3, -0.25) is 4.79 Å². The van der Waals surface area contributed by atoms with E-state index in [1.165, 1.54) is 12.4 Å².